The van der Waals surface area contributed by atoms with Crippen LogP contribution in [0.3, 0.4) is 0 Å². The second kappa shape index (κ2) is 9.23. The van der Waals surface area contributed by atoms with Crippen molar-refractivity contribution in [2.75, 3.05) is 25.9 Å². The van der Waals surface area contributed by atoms with E-state index in [0.717, 1.165) is 18.9 Å². The fourth-order valence-corrected chi connectivity index (χ4v) is 3.16. The van der Waals surface area contributed by atoms with Gasteiger partial charge in [0, 0.05) is 41.4 Å². The summed E-state index contributed by atoms with van der Waals surface area (Å²) in [5.74, 6) is 1.45. The molecular weight excluding hydrogens is 282 g/mol. The quantitative estimate of drug-likeness (QED) is 0.450. The maximum atomic E-state index is 12.0. The van der Waals surface area contributed by atoms with Gasteiger partial charge in [-0.25, -0.2) is 0 Å². The molecule has 0 saturated carbocycles. The molecule has 0 saturated heterocycles. The van der Waals surface area contributed by atoms with E-state index in [0.29, 0.717) is 12.3 Å². The average Bonchev–Trinajstić information content (AvgIpc) is 2.45. The summed E-state index contributed by atoms with van der Waals surface area (Å²) in [5, 5.41) is 6.56. The van der Waals surface area contributed by atoms with E-state index < -0.39 is 10.8 Å². The van der Waals surface area contributed by atoms with Gasteiger partial charge in [0.05, 0.1) is 0 Å². The molecule has 1 atom stereocenters. The minimum absolute atomic E-state index is 0.147. The largest absolute Gasteiger partial charge is 0.356 e. The molecule has 1 aliphatic carbocycles. The smallest absolute Gasteiger partial charge is 0.191 e. The van der Waals surface area contributed by atoms with Gasteiger partial charge in [-0.15, -0.1) is 0 Å². The molecule has 1 rings (SSSR count). The van der Waals surface area contributed by atoms with Gasteiger partial charge in [-0.2, -0.15) is 0 Å². The second-order valence-corrected chi connectivity index (χ2v) is 8.77. The van der Waals surface area contributed by atoms with Gasteiger partial charge in [0.15, 0.2) is 5.96 Å². The van der Waals surface area contributed by atoms with Crippen LogP contribution in [0, 0.1) is 0 Å². The van der Waals surface area contributed by atoms with Crippen molar-refractivity contribution in [3.63, 3.8) is 0 Å². The third kappa shape index (κ3) is 7.65. The molecule has 0 radical (unpaired) electrons. The molecule has 4 nitrogen and oxygen atoms in total. The monoisotopic (exact) mass is 313 g/mol. The topological polar surface area (TPSA) is 53.5 Å². The molecule has 5 heteroatoms. The van der Waals surface area contributed by atoms with Crippen LogP contribution in [0.15, 0.2) is 16.6 Å². The van der Waals surface area contributed by atoms with E-state index in [4.69, 9.17) is 0 Å². The fourth-order valence-electron chi connectivity index (χ4n) is 2.26. The number of nitrogens with zero attached hydrogens (tertiary/aromatic N) is 1. The van der Waals surface area contributed by atoms with Gasteiger partial charge in [-0.1, -0.05) is 11.6 Å². The van der Waals surface area contributed by atoms with Gasteiger partial charge in [-0.3, -0.25) is 9.20 Å². The van der Waals surface area contributed by atoms with Crippen LogP contribution in [0.1, 0.15) is 52.9 Å². The Bertz CT molecular complexity index is 397. The average molecular weight is 314 g/mol. The summed E-state index contributed by atoms with van der Waals surface area (Å²) >= 11 is 0. The van der Waals surface area contributed by atoms with Gasteiger partial charge in [0.25, 0.3) is 0 Å². The van der Waals surface area contributed by atoms with E-state index in [9.17, 15) is 4.21 Å². The van der Waals surface area contributed by atoms with Crippen molar-refractivity contribution < 1.29 is 4.21 Å². The molecule has 0 aliphatic heterocycles. The first-order chi connectivity index (χ1) is 9.93. The molecule has 0 aromatic carbocycles. The van der Waals surface area contributed by atoms with Gasteiger partial charge in [0.2, 0.25) is 0 Å². The molecule has 1 unspecified atom stereocenters. The molecule has 0 spiro atoms. The number of hydrogen-bond donors (Lipinski definition) is 2. The lowest BCUT2D eigenvalue weighted by atomic mass is 9.97. The van der Waals surface area contributed by atoms with Crippen LogP contribution in [0.5, 0.6) is 0 Å². The molecule has 0 fully saturated rings. The maximum Gasteiger partial charge on any atom is 0.191 e. The summed E-state index contributed by atoms with van der Waals surface area (Å²) in [4.78, 5) is 4.21. The van der Waals surface area contributed by atoms with Gasteiger partial charge in [-0.05, 0) is 52.9 Å². The van der Waals surface area contributed by atoms with E-state index >= 15 is 0 Å². The van der Waals surface area contributed by atoms with Crippen LogP contribution in [0.4, 0.5) is 0 Å². The summed E-state index contributed by atoms with van der Waals surface area (Å²) in [5.41, 5.74) is 1.57. The van der Waals surface area contributed by atoms with Crippen LogP contribution in [0.25, 0.3) is 0 Å². The van der Waals surface area contributed by atoms with Gasteiger partial charge >= 0.3 is 0 Å². The number of nitrogens with one attached hydrogen (secondary N) is 2. The molecule has 2 N–H and O–H groups in total. The molecule has 21 heavy (non-hydrogen) atoms. The first-order valence-corrected chi connectivity index (χ1v) is 9.26. The number of allylic oxidation sites excluding steroid dienone is 1. The van der Waals surface area contributed by atoms with E-state index in [1.165, 1.54) is 25.7 Å². The highest BCUT2D eigenvalue weighted by Gasteiger charge is 2.18. The molecule has 1 aliphatic rings. The zero-order valence-electron chi connectivity index (χ0n) is 14.0. The zero-order valence-corrected chi connectivity index (χ0v) is 14.8. The summed E-state index contributed by atoms with van der Waals surface area (Å²) in [6.07, 6.45) is 8.63. The lowest BCUT2D eigenvalue weighted by Gasteiger charge is -2.19. The molecule has 122 valence electrons. The highest BCUT2D eigenvalue weighted by molar-refractivity contribution is 7.86. The van der Waals surface area contributed by atoms with Crippen molar-refractivity contribution in [1.29, 1.82) is 0 Å². The molecule has 0 heterocycles. The standard InChI is InChI=1S/C16H31N3OS/c1-16(2,3)21(20)13-12-19-15(17-4)18-11-10-14-8-6-5-7-9-14/h8H,5-7,9-13H2,1-4H3,(H2,17,18,19). The van der Waals surface area contributed by atoms with Crippen molar-refractivity contribution in [3.8, 4) is 0 Å². The number of hydrogen-bond acceptors (Lipinski definition) is 2. The molecular formula is C16H31N3OS. The Hall–Kier alpha value is -0.840. The van der Waals surface area contributed by atoms with E-state index in [1.54, 1.807) is 12.6 Å². The molecule has 0 aromatic heterocycles. The van der Waals surface area contributed by atoms with Crippen molar-refractivity contribution in [2.45, 2.75) is 57.6 Å². The van der Waals surface area contributed by atoms with Crippen LogP contribution in [0.2, 0.25) is 0 Å². The second-order valence-electron chi connectivity index (χ2n) is 6.45. The number of rotatable bonds is 6. The Morgan fingerprint density at radius 1 is 1.29 bits per heavy atom. The van der Waals surface area contributed by atoms with Crippen LogP contribution in [-0.4, -0.2) is 40.8 Å². The summed E-state index contributed by atoms with van der Waals surface area (Å²) in [7, 11) is 0.954. The minimum atomic E-state index is -0.820. The Morgan fingerprint density at radius 2 is 2.00 bits per heavy atom. The van der Waals surface area contributed by atoms with E-state index in [-0.39, 0.29) is 4.75 Å². The van der Waals surface area contributed by atoms with Crippen molar-refractivity contribution in [2.24, 2.45) is 4.99 Å². The van der Waals surface area contributed by atoms with E-state index in [2.05, 4.69) is 21.7 Å². The predicted molar refractivity (Wildman–Crippen MR) is 93.3 cm³/mol. The van der Waals surface area contributed by atoms with Crippen molar-refractivity contribution in [1.82, 2.24) is 10.6 Å². The maximum absolute atomic E-state index is 12.0. The normalized spacial score (nSPS) is 18.1. The summed E-state index contributed by atoms with van der Waals surface area (Å²) in [6, 6.07) is 0. The van der Waals surface area contributed by atoms with Crippen LogP contribution in [-0.2, 0) is 10.8 Å². The van der Waals surface area contributed by atoms with Gasteiger partial charge in [0.1, 0.15) is 0 Å². The Morgan fingerprint density at radius 3 is 2.57 bits per heavy atom. The predicted octanol–water partition coefficient (Wildman–Crippen LogP) is 2.59. The number of guanidine groups is 1. The molecule has 0 aromatic rings. The van der Waals surface area contributed by atoms with Crippen LogP contribution < -0.4 is 10.6 Å². The van der Waals surface area contributed by atoms with Crippen LogP contribution >= 0.6 is 0 Å². The lowest BCUT2D eigenvalue weighted by molar-refractivity contribution is 0.646. The Kier molecular flexibility index (Phi) is 8.01. The van der Waals surface area contributed by atoms with Crippen molar-refractivity contribution >= 4 is 16.8 Å². The highest BCUT2D eigenvalue weighted by Crippen LogP contribution is 2.19. The SMILES string of the molecule is CN=C(NCCC1=CCCCC1)NCCS(=O)C(C)(C)C. The lowest BCUT2D eigenvalue weighted by Crippen LogP contribution is -2.40. The van der Waals surface area contributed by atoms with E-state index in [1.807, 2.05) is 20.8 Å². The first kappa shape index (κ1) is 18.2. The first-order valence-electron chi connectivity index (χ1n) is 7.94. The summed E-state index contributed by atoms with van der Waals surface area (Å²) < 4.78 is 11.8. The molecule has 0 amide bonds. The third-order valence-electron chi connectivity index (χ3n) is 3.61. The fraction of sp³-hybridized carbons (Fsp3) is 0.812. The Balaban J connectivity index is 2.20. The zero-order chi connectivity index (χ0) is 15.7. The Labute approximate surface area is 132 Å². The highest BCUT2D eigenvalue weighted by atomic mass is 32.2. The summed E-state index contributed by atoms with van der Waals surface area (Å²) in [6.45, 7) is 7.62. The third-order valence-corrected chi connectivity index (χ3v) is 5.55. The molecule has 0 bridgehead atoms. The number of aliphatic imine (C=N–C) groups is 1. The minimum Gasteiger partial charge on any atom is -0.356 e. The van der Waals surface area contributed by atoms with Crippen molar-refractivity contribution in [3.05, 3.63) is 11.6 Å². The van der Waals surface area contributed by atoms with Gasteiger partial charge < -0.3 is 10.6 Å².